The molecule has 2 heteroatoms. The van der Waals surface area contributed by atoms with Crippen molar-refractivity contribution in [2.75, 3.05) is 26.2 Å². The summed E-state index contributed by atoms with van der Waals surface area (Å²) in [6, 6.07) is 19.2. The van der Waals surface area contributed by atoms with Crippen LogP contribution >= 0.6 is 0 Å². The fourth-order valence-corrected chi connectivity index (χ4v) is 2.35. The maximum absolute atomic E-state index is 2.32. The lowest BCUT2D eigenvalue weighted by molar-refractivity contribution is -0.910. The Morgan fingerprint density at radius 3 is 2.11 bits per heavy atom. The van der Waals surface area contributed by atoms with E-state index in [4.69, 9.17) is 0 Å². The topological polar surface area (TPSA) is 3.24 Å². The Balaban J connectivity index is 2.22. The van der Waals surface area contributed by atoms with Crippen LogP contribution < -0.4 is 5.01 Å². The van der Waals surface area contributed by atoms with Gasteiger partial charge in [-0.1, -0.05) is 48.5 Å². The minimum Gasteiger partial charge on any atom is -0.227 e. The van der Waals surface area contributed by atoms with Crippen molar-refractivity contribution in [1.29, 1.82) is 0 Å². The van der Waals surface area contributed by atoms with Gasteiger partial charge >= 0.3 is 0 Å². The molecule has 0 bridgehead atoms. The van der Waals surface area contributed by atoms with Crippen molar-refractivity contribution in [1.82, 2.24) is 0 Å². The number of para-hydroxylation sites is 1. The molecule has 0 aliphatic rings. The standard InChI is InChI=1S/C17H23N2/c1-15-10-8-9-13-17(15)18(2)19(3,4)14-16-11-6-5-7-12-16/h5-13H,14H2,1-4H3/q+1. The zero-order chi connectivity index (χ0) is 13.9. The molecule has 0 N–H and O–H groups in total. The largest absolute Gasteiger partial charge is 0.227 e. The van der Waals surface area contributed by atoms with Gasteiger partial charge in [0.25, 0.3) is 0 Å². The molecule has 0 unspecified atom stereocenters. The molecule has 19 heavy (non-hydrogen) atoms. The SMILES string of the molecule is Cc1ccccc1N(C)[N+](C)(C)Cc1ccccc1. The van der Waals surface area contributed by atoms with Gasteiger partial charge < -0.3 is 0 Å². The molecule has 0 aromatic heterocycles. The lowest BCUT2D eigenvalue weighted by Crippen LogP contribution is -2.52. The second-order valence-electron chi connectivity index (χ2n) is 5.57. The van der Waals surface area contributed by atoms with Gasteiger partial charge in [-0.3, -0.25) is 0 Å². The number of aryl methyl sites for hydroxylation is 1. The normalized spacial score (nSPS) is 11.4. The predicted molar refractivity (Wildman–Crippen MR) is 81.8 cm³/mol. The van der Waals surface area contributed by atoms with Crippen LogP contribution in [0, 0.1) is 6.92 Å². The van der Waals surface area contributed by atoms with Gasteiger partial charge in [0.1, 0.15) is 6.54 Å². The molecule has 0 aliphatic heterocycles. The molecule has 0 heterocycles. The maximum atomic E-state index is 2.32. The molecule has 0 saturated heterocycles. The average molecular weight is 255 g/mol. The van der Waals surface area contributed by atoms with Crippen molar-refractivity contribution in [3.63, 3.8) is 0 Å². The highest BCUT2D eigenvalue weighted by Gasteiger charge is 2.23. The van der Waals surface area contributed by atoms with Crippen molar-refractivity contribution in [3.8, 4) is 0 Å². The van der Waals surface area contributed by atoms with Crippen LogP contribution in [0.25, 0.3) is 0 Å². The van der Waals surface area contributed by atoms with Gasteiger partial charge in [-0.15, -0.1) is 0 Å². The minimum atomic E-state index is 0.800. The number of benzene rings is 2. The molecular formula is C17H23N2+. The molecule has 0 saturated carbocycles. The van der Waals surface area contributed by atoms with E-state index in [9.17, 15) is 0 Å². The van der Waals surface area contributed by atoms with Gasteiger partial charge in [-0.2, -0.15) is 0 Å². The van der Waals surface area contributed by atoms with Gasteiger partial charge in [-0.25, -0.2) is 9.60 Å². The summed E-state index contributed by atoms with van der Waals surface area (Å²) in [5.41, 5.74) is 3.95. The second kappa shape index (κ2) is 5.45. The molecule has 2 rings (SSSR count). The van der Waals surface area contributed by atoms with Crippen molar-refractivity contribution in [2.45, 2.75) is 13.5 Å². The van der Waals surface area contributed by atoms with Crippen LogP contribution in [0.3, 0.4) is 0 Å². The highest BCUT2D eigenvalue weighted by atomic mass is 15.7. The maximum Gasteiger partial charge on any atom is 0.126 e. The Bertz CT molecular complexity index is 532. The number of rotatable bonds is 4. The molecular weight excluding hydrogens is 232 g/mol. The number of nitrogens with zero attached hydrogens (tertiary/aromatic N) is 2. The Kier molecular flexibility index (Phi) is 3.91. The van der Waals surface area contributed by atoms with Crippen molar-refractivity contribution >= 4 is 5.69 Å². The quantitative estimate of drug-likeness (QED) is 0.596. The molecule has 0 aliphatic carbocycles. The molecule has 100 valence electrons. The van der Waals surface area contributed by atoms with E-state index in [0.29, 0.717) is 0 Å². The average Bonchev–Trinajstić information content (AvgIpc) is 2.39. The molecule has 0 atom stereocenters. The zero-order valence-electron chi connectivity index (χ0n) is 12.3. The fourth-order valence-electron chi connectivity index (χ4n) is 2.35. The van der Waals surface area contributed by atoms with E-state index in [2.05, 4.69) is 87.7 Å². The van der Waals surface area contributed by atoms with Crippen molar-refractivity contribution in [2.24, 2.45) is 0 Å². The van der Waals surface area contributed by atoms with E-state index < -0.39 is 0 Å². The fraction of sp³-hybridized carbons (Fsp3) is 0.294. The Hall–Kier alpha value is -1.80. The first-order valence-electron chi connectivity index (χ1n) is 6.67. The lowest BCUT2D eigenvalue weighted by atomic mass is 10.2. The Morgan fingerprint density at radius 2 is 1.47 bits per heavy atom. The third-order valence-electron chi connectivity index (χ3n) is 3.69. The summed E-state index contributed by atoms with van der Waals surface area (Å²) in [7, 11) is 6.63. The molecule has 0 spiro atoms. The van der Waals surface area contributed by atoms with Gasteiger partial charge in [0.2, 0.25) is 0 Å². The van der Waals surface area contributed by atoms with E-state index in [1.54, 1.807) is 0 Å². The van der Waals surface area contributed by atoms with Crippen LogP contribution in [0.1, 0.15) is 11.1 Å². The van der Waals surface area contributed by atoms with E-state index in [0.717, 1.165) is 11.1 Å². The monoisotopic (exact) mass is 255 g/mol. The summed E-state index contributed by atoms with van der Waals surface area (Å²) in [5, 5.41) is 2.32. The minimum absolute atomic E-state index is 0.800. The predicted octanol–water partition coefficient (Wildman–Crippen LogP) is 3.62. The summed E-state index contributed by atoms with van der Waals surface area (Å²) >= 11 is 0. The third kappa shape index (κ3) is 3.15. The molecule has 2 nitrogen and oxygen atoms in total. The van der Waals surface area contributed by atoms with E-state index in [1.807, 2.05) is 0 Å². The molecule has 0 amide bonds. The van der Waals surface area contributed by atoms with Crippen LogP contribution in [0.15, 0.2) is 54.6 Å². The number of hydrogen-bond acceptors (Lipinski definition) is 1. The first-order valence-corrected chi connectivity index (χ1v) is 6.67. The summed E-state index contributed by atoms with van der Waals surface area (Å²) in [6.45, 7) is 3.14. The van der Waals surface area contributed by atoms with Crippen molar-refractivity contribution in [3.05, 3.63) is 65.7 Å². The zero-order valence-corrected chi connectivity index (χ0v) is 12.3. The molecule has 2 aromatic carbocycles. The Labute approximate surface area is 116 Å². The van der Waals surface area contributed by atoms with Gasteiger partial charge in [-0.05, 0) is 18.6 Å². The molecule has 2 aromatic rings. The number of hydrogen-bond donors (Lipinski definition) is 0. The number of quaternary nitrogens is 1. The summed E-state index contributed by atoms with van der Waals surface area (Å²) in [6.07, 6.45) is 0. The van der Waals surface area contributed by atoms with E-state index in [-0.39, 0.29) is 0 Å². The third-order valence-corrected chi connectivity index (χ3v) is 3.69. The van der Waals surface area contributed by atoms with Gasteiger partial charge in [0, 0.05) is 5.56 Å². The van der Waals surface area contributed by atoms with Crippen LogP contribution in [0.5, 0.6) is 0 Å². The second-order valence-corrected chi connectivity index (χ2v) is 5.57. The van der Waals surface area contributed by atoms with Crippen molar-refractivity contribution < 1.29 is 4.59 Å². The number of anilines is 1. The Morgan fingerprint density at radius 1 is 0.895 bits per heavy atom. The first-order chi connectivity index (χ1) is 9.00. The summed E-state index contributed by atoms with van der Waals surface area (Å²) in [5.74, 6) is 0. The highest BCUT2D eigenvalue weighted by molar-refractivity contribution is 5.50. The van der Waals surface area contributed by atoms with Crippen LogP contribution in [0.2, 0.25) is 0 Å². The van der Waals surface area contributed by atoms with E-state index in [1.165, 1.54) is 16.8 Å². The molecule has 0 radical (unpaired) electrons. The highest BCUT2D eigenvalue weighted by Crippen LogP contribution is 2.23. The first kappa shape index (κ1) is 13.6. The smallest absolute Gasteiger partial charge is 0.126 e. The summed E-state index contributed by atoms with van der Waals surface area (Å²) < 4.78 is 0.800. The van der Waals surface area contributed by atoms with E-state index >= 15 is 0 Å². The van der Waals surface area contributed by atoms with Crippen LogP contribution in [0.4, 0.5) is 5.69 Å². The lowest BCUT2D eigenvalue weighted by Gasteiger charge is -2.39. The van der Waals surface area contributed by atoms with Crippen LogP contribution in [-0.4, -0.2) is 25.7 Å². The molecule has 0 fully saturated rings. The van der Waals surface area contributed by atoms with Gasteiger partial charge in [0.05, 0.1) is 26.8 Å². The van der Waals surface area contributed by atoms with Gasteiger partial charge in [0.15, 0.2) is 0 Å². The summed E-state index contributed by atoms with van der Waals surface area (Å²) in [4.78, 5) is 0. The van der Waals surface area contributed by atoms with Crippen LogP contribution in [-0.2, 0) is 6.54 Å².